The van der Waals surface area contributed by atoms with Crippen molar-refractivity contribution in [3.63, 3.8) is 0 Å². The predicted molar refractivity (Wildman–Crippen MR) is 47.4 cm³/mol. The third-order valence-corrected chi connectivity index (χ3v) is 2.28. The van der Waals surface area contributed by atoms with Gasteiger partial charge in [0.15, 0.2) is 0 Å². The van der Waals surface area contributed by atoms with Gasteiger partial charge in [0.25, 0.3) is 0 Å². The molecule has 0 bridgehead atoms. The van der Waals surface area contributed by atoms with E-state index >= 15 is 0 Å². The molecule has 0 aromatic heterocycles. The van der Waals surface area contributed by atoms with Crippen LogP contribution in [0.25, 0.3) is 0 Å². The quantitative estimate of drug-likeness (QED) is 0.363. The highest BCUT2D eigenvalue weighted by Crippen LogP contribution is 2.12. The molecule has 0 N–H and O–H groups in total. The molecule has 0 spiro atoms. The average molecular weight is 172 g/mol. The SMILES string of the molecule is C#CCCSC(C)C(=O)OC. The highest BCUT2D eigenvalue weighted by Gasteiger charge is 2.11. The summed E-state index contributed by atoms with van der Waals surface area (Å²) in [4.78, 5) is 10.8. The molecule has 0 aliphatic rings. The standard InChI is InChI=1S/C8H12O2S/c1-4-5-6-11-7(2)8(9)10-3/h1,7H,5-6H2,2-3H3. The fourth-order valence-electron chi connectivity index (χ4n) is 0.529. The van der Waals surface area contributed by atoms with Crippen LogP contribution in [-0.4, -0.2) is 24.1 Å². The molecule has 0 aromatic carbocycles. The van der Waals surface area contributed by atoms with Gasteiger partial charge in [-0.2, -0.15) is 0 Å². The van der Waals surface area contributed by atoms with Crippen LogP contribution in [0.1, 0.15) is 13.3 Å². The van der Waals surface area contributed by atoms with E-state index in [1.807, 2.05) is 6.92 Å². The highest BCUT2D eigenvalue weighted by atomic mass is 32.2. The van der Waals surface area contributed by atoms with Gasteiger partial charge >= 0.3 is 5.97 Å². The number of methoxy groups -OCH3 is 1. The van der Waals surface area contributed by atoms with Gasteiger partial charge in [0, 0.05) is 12.2 Å². The Kier molecular flexibility index (Phi) is 5.77. The molecule has 0 saturated carbocycles. The number of carbonyl (C=O) groups excluding carboxylic acids is 1. The van der Waals surface area contributed by atoms with Gasteiger partial charge in [-0.1, -0.05) is 0 Å². The third kappa shape index (κ3) is 4.74. The number of thioether (sulfide) groups is 1. The van der Waals surface area contributed by atoms with Gasteiger partial charge in [-0.05, 0) is 6.92 Å². The van der Waals surface area contributed by atoms with Gasteiger partial charge in [-0.25, -0.2) is 0 Å². The summed E-state index contributed by atoms with van der Waals surface area (Å²) in [6.45, 7) is 1.81. The van der Waals surface area contributed by atoms with E-state index in [1.54, 1.807) is 0 Å². The molecule has 1 atom stereocenters. The van der Waals surface area contributed by atoms with Gasteiger partial charge in [0.05, 0.1) is 12.4 Å². The van der Waals surface area contributed by atoms with E-state index in [0.717, 1.165) is 5.75 Å². The Morgan fingerprint density at radius 2 is 2.45 bits per heavy atom. The summed E-state index contributed by atoms with van der Waals surface area (Å²) in [5.74, 6) is 3.13. The summed E-state index contributed by atoms with van der Waals surface area (Å²) < 4.78 is 4.53. The van der Waals surface area contributed by atoms with Crippen molar-refractivity contribution < 1.29 is 9.53 Å². The Morgan fingerprint density at radius 1 is 1.82 bits per heavy atom. The Balaban J connectivity index is 3.45. The van der Waals surface area contributed by atoms with E-state index in [9.17, 15) is 4.79 Å². The van der Waals surface area contributed by atoms with Crippen molar-refractivity contribution in [1.82, 2.24) is 0 Å². The van der Waals surface area contributed by atoms with Crippen LogP contribution in [0, 0.1) is 12.3 Å². The maximum atomic E-state index is 10.8. The molecule has 0 heterocycles. The van der Waals surface area contributed by atoms with Crippen molar-refractivity contribution in [3.05, 3.63) is 0 Å². The summed E-state index contributed by atoms with van der Waals surface area (Å²) in [5, 5.41) is -0.103. The lowest BCUT2D eigenvalue weighted by molar-refractivity contribution is -0.139. The number of esters is 1. The minimum atomic E-state index is -0.188. The fourth-order valence-corrected chi connectivity index (χ4v) is 1.35. The van der Waals surface area contributed by atoms with Gasteiger partial charge < -0.3 is 4.74 Å². The summed E-state index contributed by atoms with van der Waals surface area (Å²) in [6.07, 6.45) is 5.74. The largest absolute Gasteiger partial charge is 0.468 e. The highest BCUT2D eigenvalue weighted by molar-refractivity contribution is 8.00. The normalized spacial score (nSPS) is 11.7. The molecule has 3 heteroatoms. The maximum absolute atomic E-state index is 10.8. The van der Waals surface area contributed by atoms with Gasteiger partial charge in [-0.3, -0.25) is 4.79 Å². The second-order valence-corrected chi connectivity index (χ2v) is 3.44. The molecule has 62 valence electrons. The van der Waals surface area contributed by atoms with Crippen LogP contribution in [0.5, 0.6) is 0 Å². The lowest BCUT2D eigenvalue weighted by Gasteiger charge is -2.06. The zero-order chi connectivity index (χ0) is 8.69. The number of hydrogen-bond acceptors (Lipinski definition) is 3. The third-order valence-electron chi connectivity index (χ3n) is 1.15. The van der Waals surface area contributed by atoms with Gasteiger partial charge in [0.1, 0.15) is 0 Å². The van der Waals surface area contributed by atoms with Crippen LogP contribution in [0.15, 0.2) is 0 Å². The van der Waals surface area contributed by atoms with Crippen LogP contribution < -0.4 is 0 Å². The minimum absolute atomic E-state index is 0.103. The first-order valence-corrected chi connectivity index (χ1v) is 4.40. The van der Waals surface area contributed by atoms with E-state index in [1.165, 1.54) is 18.9 Å². The summed E-state index contributed by atoms with van der Waals surface area (Å²) in [5.41, 5.74) is 0. The Hall–Kier alpha value is -0.620. The summed E-state index contributed by atoms with van der Waals surface area (Å²) in [7, 11) is 1.39. The van der Waals surface area contributed by atoms with Crippen molar-refractivity contribution in [2.75, 3.05) is 12.9 Å². The number of terminal acetylenes is 1. The molecular weight excluding hydrogens is 160 g/mol. The van der Waals surface area contributed by atoms with Gasteiger partial charge in [0.2, 0.25) is 0 Å². The van der Waals surface area contributed by atoms with Crippen molar-refractivity contribution in [2.24, 2.45) is 0 Å². The minimum Gasteiger partial charge on any atom is -0.468 e. The Labute approximate surface area is 71.7 Å². The molecule has 0 aliphatic carbocycles. The maximum Gasteiger partial charge on any atom is 0.318 e. The molecule has 0 radical (unpaired) electrons. The first-order chi connectivity index (χ1) is 5.22. The van der Waals surface area contributed by atoms with Crippen LogP contribution >= 0.6 is 11.8 Å². The second-order valence-electron chi connectivity index (χ2n) is 1.99. The predicted octanol–water partition coefficient (Wildman–Crippen LogP) is 1.30. The van der Waals surface area contributed by atoms with Gasteiger partial charge in [-0.15, -0.1) is 24.1 Å². The smallest absolute Gasteiger partial charge is 0.318 e. The van der Waals surface area contributed by atoms with E-state index < -0.39 is 0 Å². The van der Waals surface area contributed by atoms with Crippen molar-refractivity contribution in [2.45, 2.75) is 18.6 Å². The monoisotopic (exact) mass is 172 g/mol. The Bertz CT molecular complexity index is 160. The molecule has 11 heavy (non-hydrogen) atoms. The molecule has 2 nitrogen and oxygen atoms in total. The fraction of sp³-hybridized carbons (Fsp3) is 0.625. The van der Waals surface area contributed by atoms with Crippen molar-refractivity contribution >= 4 is 17.7 Å². The lowest BCUT2D eigenvalue weighted by Crippen LogP contribution is -2.15. The van der Waals surface area contributed by atoms with E-state index in [0.29, 0.717) is 6.42 Å². The lowest BCUT2D eigenvalue weighted by atomic mass is 10.5. The molecule has 0 aliphatic heterocycles. The van der Waals surface area contributed by atoms with Crippen LogP contribution in [0.3, 0.4) is 0 Å². The van der Waals surface area contributed by atoms with Crippen LogP contribution in [0.2, 0.25) is 0 Å². The number of hydrogen-bond donors (Lipinski definition) is 0. The molecular formula is C8H12O2S. The first kappa shape index (κ1) is 10.4. The first-order valence-electron chi connectivity index (χ1n) is 3.35. The number of ether oxygens (including phenoxy) is 1. The molecule has 0 saturated heterocycles. The molecule has 0 aromatic rings. The second kappa shape index (κ2) is 6.11. The number of carbonyl (C=O) groups is 1. The molecule has 1 unspecified atom stereocenters. The molecule has 0 amide bonds. The zero-order valence-electron chi connectivity index (χ0n) is 6.79. The zero-order valence-corrected chi connectivity index (χ0v) is 7.61. The summed E-state index contributed by atoms with van der Waals surface area (Å²) >= 11 is 1.52. The summed E-state index contributed by atoms with van der Waals surface area (Å²) in [6, 6.07) is 0. The Morgan fingerprint density at radius 3 is 2.91 bits per heavy atom. The van der Waals surface area contributed by atoms with E-state index in [-0.39, 0.29) is 11.2 Å². The van der Waals surface area contributed by atoms with Crippen molar-refractivity contribution in [3.8, 4) is 12.3 Å². The molecule has 0 fully saturated rings. The van der Waals surface area contributed by atoms with Crippen LogP contribution in [-0.2, 0) is 9.53 Å². The number of rotatable bonds is 4. The topological polar surface area (TPSA) is 26.3 Å². The average Bonchev–Trinajstić information content (AvgIpc) is 2.03. The van der Waals surface area contributed by atoms with E-state index in [2.05, 4.69) is 10.7 Å². The van der Waals surface area contributed by atoms with E-state index in [4.69, 9.17) is 6.42 Å². The van der Waals surface area contributed by atoms with Crippen LogP contribution in [0.4, 0.5) is 0 Å². The molecule has 0 rings (SSSR count). The van der Waals surface area contributed by atoms with Crippen molar-refractivity contribution in [1.29, 1.82) is 0 Å².